The molecule has 0 aliphatic rings. The Morgan fingerprint density at radius 1 is 1.07 bits per heavy atom. The molecule has 0 bridgehead atoms. The van der Waals surface area contributed by atoms with Crippen molar-refractivity contribution in [2.45, 2.75) is 0 Å². The number of nitrogens with zero attached hydrogens (tertiary/aromatic N) is 3. The average molecular weight is 395 g/mol. The van der Waals surface area contributed by atoms with Crippen molar-refractivity contribution in [3.63, 3.8) is 0 Å². The van der Waals surface area contributed by atoms with Crippen molar-refractivity contribution < 1.29 is 9.18 Å². The lowest BCUT2D eigenvalue weighted by Gasteiger charge is -2.15. The van der Waals surface area contributed by atoms with Crippen molar-refractivity contribution in [3.8, 4) is 11.4 Å². The van der Waals surface area contributed by atoms with E-state index in [1.54, 1.807) is 48.5 Å². The van der Waals surface area contributed by atoms with Crippen molar-refractivity contribution in [3.05, 3.63) is 93.7 Å². The zero-order valence-electron chi connectivity index (χ0n) is 14.3. The highest BCUT2D eigenvalue weighted by atomic mass is 35.5. The van der Waals surface area contributed by atoms with Crippen molar-refractivity contribution in [2.24, 2.45) is 0 Å². The molecule has 0 spiro atoms. The number of nitrogens with one attached hydrogen (secondary N) is 1. The Morgan fingerprint density at radius 3 is 2.68 bits per heavy atom. The molecule has 138 valence electrons. The average Bonchev–Trinajstić information content (AvgIpc) is 2.70. The minimum Gasteiger partial charge on any atom is -0.267 e. The minimum atomic E-state index is -0.939. The molecule has 0 radical (unpaired) electrons. The molecule has 28 heavy (non-hydrogen) atoms. The zero-order valence-corrected chi connectivity index (χ0v) is 15.0. The standard InChI is InChI=1S/C20H12ClFN4O2/c21-13-6-3-5-12(11-13)18-24-16-9-2-1-7-14(16)20(28)26(18)25-19(27)15-8-4-10-23-17(15)22/h1-11H,(H,25,27). The van der Waals surface area contributed by atoms with Gasteiger partial charge in [-0.25, -0.2) is 9.97 Å². The predicted molar refractivity (Wildman–Crippen MR) is 104 cm³/mol. The van der Waals surface area contributed by atoms with Gasteiger partial charge in [0.15, 0.2) is 5.82 Å². The second-order valence-electron chi connectivity index (χ2n) is 5.89. The third kappa shape index (κ3) is 3.23. The van der Waals surface area contributed by atoms with Gasteiger partial charge in [-0.15, -0.1) is 0 Å². The molecule has 0 fully saturated rings. The normalized spacial score (nSPS) is 10.8. The first-order valence-corrected chi connectivity index (χ1v) is 8.62. The number of carbonyl (C=O) groups excluding carboxylic acids is 1. The third-order valence-electron chi connectivity index (χ3n) is 4.08. The van der Waals surface area contributed by atoms with Crippen LogP contribution in [0, 0.1) is 5.95 Å². The molecular weight excluding hydrogens is 383 g/mol. The third-order valence-corrected chi connectivity index (χ3v) is 4.31. The SMILES string of the molecule is O=C(Nn1c(-c2cccc(Cl)c2)nc2ccccc2c1=O)c1cccnc1F. The molecule has 2 aromatic heterocycles. The topological polar surface area (TPSA) is 76.9 Å². The van der Waals surface area contributed by atoms with Gasteiger partial charge in [-0.1, -0.05) is 35.9 Å². The summed E-state index contributed by atoms with van der Waals surface area (Å²) in [6, 6.07) is 16.1. The summed E-state index contributed by atoms with van der Waals surface area (Å²) in [6.07, 6.45) is 1.23. The summed E-state index contributed by atoms with van der Waals surface area (Å²) < 4.78 is 14.9. The first-order chi connectivity index (χ1) is 13.5. The van der Waals surface area contributed by atoms with E-state index in [1.807, 2.05) is 0 Å². The van der Waals surface area contributed by atoms with Crippen LogP contribution in [0.15, 0.2) is 71.7 Å². The number of hydrogen-bond donors (Lipinski definition) is 1. The molecule has 1 amide bonds. The van der Waals surface area contributed by atoms with Crippen LogP contribution >= 0.6 is 11.6 Å². The van der Waals surface area contributed by atoms with E-state index >= 15 is 0 Å². The van der Waals surface area contributed by atoms with Crippen molar-refractivity contribution >= 4 is 28.4 Å². The smallest absolute Gasteiger partial charge is 0.267 e. The first kappa shape index (κ1) is 17.8. The molecule has 6 nitrogen and oxygen atoms in total. The summed E-state index contributed by atoms with van der Waals surface area (Å²) in [6.45, 7) is 0. The van der Waals surface area contributed by atoms with E-state index in [2.05, 4.69) is 15.4 Å². The van der Waals surface area contributed by atoms with Gasteiger partial charge in [0.25, 0.3) is 11.5 Å². The van der Waals surface area contributed by atoms with Crippen LogP contribution in [-0.4, -0.2) is 20.6 Å². The van der Waals surface area contributed by atoms with Crippen LogP contribution < -0.4 is 11.0 Å². The minimum absolute atomic E-state index is 0.170. The molecule has 1 N–H and O–H groups in total. The number of rotatable bonds is 3. The number of pyridine rings is 1. The van der Waals surface area contributed by atoms with Crippen molar-refractivity contribution in [1.82, 2.24) is 14.6 Å². The number of hydrogen-bond acceptors (Lipinski definition) is 4. The summed E-state index contributed by atoms with van der Waals surface area (Å²) in [5.74, 6) is -1.59. The summed E-state index contributed by atoms with van der Waals surface area (Å²) in [7, 11) is 0. The number of amides is 1. The van der Waals surface area contributed by atoms with E-state index in [4.69, 9.17) is 11.6 Å². The van der Waals surface area contributed by atoms with Crippen LogP contribution in [-0.2, 0) is 0 Å². The summed E-state index contributed by atoms with van der Waals surface area (Å²) in [4.78, 5) is 33.5. The van der Waals surface area contributed by atoms with Gasteiger partial charge in [-0.2, -0.15) is 9.07 Å². The molecule has 0 aliphatic heterocycles. The number of halogens is 2. The molecule has 4 aromatic rings. The van der Waals surface area contributed by atoms with Crippen LogP contribution in [0.5, 0.6) is 0 Å². The van der Waals surface area contributed by atoms with Gasteiger partial charge in [0.1, 0.15) is 0 Å². The maximum atomic E-state index is 13.9. The Hall–Kier alpha value is -3.58. The second-order valence-corrected chi connectivity index (χ2v) is 6.32. The van der Waals surface area contributed by atoms with E-state index in [9.17, 15) is 14.0 Å². The molecular formula is C20H12ClFN4O2. The molecule has 4 rings (SSSR count). The Balaban J connectivity index is 1.92. The lowest BCUT2D eigenvalue weighted by molar-refractivity contribution is 0.100. The van der Waals surface area contributed by atoms with Crippen molar-refractivity contribution in [2.75, 3.05) is 5.43 Å². The van der Waals surface area contributed by atoms with E-state index in [0.717, 1.165) is 4.68 Å². The van der Waals surface area contributed by atoms with E-state index < -0.39 is 17.4 Å². The van der Waals surface area contributed by atoms with E-state index in [-0.39, 0.29) is 11.4 Å². The van der Waals surface area contributed by atoms with Crippen LogP contribution in [0.25, 0.3) is 22.3 Å². The number of aromatic nitrogens is 3. The monoisotopic (exact) mass is 394 g/mol. The quantitative estimate of drug-likeness (QED) is 0.538. The molecule has 0 atom stereocenters. The van der Waals surface area contributed by atoms with Crippen LogP contribution in [0.1, 0.15) is 10.4 Å². The predicted octanol–water partition coefficient (Wildman–Crippen LogP) is 3.63. The van der Waals surface area contributed by atoms with Crippen molar-refractivity contribution in [1.29, 1.82) is 0 Å². The van der Waals surface area contributed by atoms with E-state index in [0.29, 0.717) is 21.5 Å². The highest BCUT2D eigenvalue weighted by Crippen LogP contribution is 2.21. The van der Waals surface area contributed by atoms with Crippen LogP contribution in [0.2, 0.25) is 5.02 Å². The summed E-state index contributed by atoms with van der Waals surface area (Å²) in [5.41, 5.74) is 2.61. The molecule has 2 aromatic carbocycles. The second kappa shape index (κ2) is 7.21. The Morgan fingerprint density at radius 2 is 1.89 bits per heavy atom. The molecule has 0 unspecified atom stereocenters. The van der Waals surface area contributed by atoms with Gasteiger partial charge in [0.2, 0.25) is 5.95 Å². The molecule has 8 heteroatoms. The highest BCUT2D eigenvalue weighted by molar-refractivity contribution is 6.30. The van der Waals surface area contributed by atoms with Gasteiger partial charge in [-0.3, -0.25) is 15.0 Å². The lowest BCUT2D eigenvalue weighted by Crippen LogP contribution is -2.35. The molecule has 0 saturated carbocycles. The van der Waals surface area contributed by atoms with E-state index in [1.165, 1.54) is 18.3 Å². The van der Waals surface area contributed by atoms with Gasteiger partial charge < -0.3 is 0 Å². The van der Waals surface area contributed by atoms with Crippen LogP contribution in [0.3, 0.4) is 0 Å². The van der Waals surface area contributed by atoms with Gasteiger partial charge in [-0.05, 0) is 36.4 Å². The Bertz CT molecular complexity index is 1270. The first-order valence-electron chi connectivity index (χ1n) is 8.24. The Labute approximate surface area is 163 Å². The maximum absolute atomic E-state index is 13.9. The lowest BCUT2D eigenvalue weighted by atomic mass is 10.2. The molecule has 2 heterocycles. The van der Waals surface area contributed by atoms with Gasteiger partial charge in [0.05, 0.1) is 16.5 Å². The maximum Gasteiger partial charge on any atom is 0.280 e. The fourth-order valence-corrected chi connectivity index (χ4v) is 2.97. The van der Waals surface area contributed by atoms with Crippen LogP contribution in [0.4, 0.5) is 4.39 Å². The highest BCUT2D eigenvalue weighted by Gasteiger charge is 2.18. The number of carbonyl (C=O) groups is 1. The fraction of sp³-hybridized carbons (Fsp3) is 0. The molecule has 0 aliphatic carbocycles. The number of para-hydroxylation sites is 1. The number of fused-ring (bicyclic) bond motifs is 1. The van der Waals surface area contributed by atoms with Gasteiger partial charge >= 0.3 is 0 Å². The Kier molecular flexibility index (Phi) is 4.58. The van der Waals surface area contributed by atoms with Gasteiger partial charge in [0, 0.05) is 16.8 Å². The summed E-state index contributed by atoms with van der Waals surface area (Å²) >= 11 is 6.07. The zero-order chi connectivity index (χ0) is 19.7. The largest absolute Gasteiger partial charge is 0.280 e. The number of benzene rings is 2. The summed E-state index contributed by atoms with van der Waals surface area (Å²) in [5, 5.41) is 0.747. The molecule has 0 saturated heterocycles. The fourth-order valence-electron chi connectivity index (χ4n) is 2.77.